The van der Waals surface area contributed by atoms with Crippen molar-refractivity contribution in [2.75, 3.05) is 26.2 Å². The Morgan fingerprint density at radius 3 is 2.70 bits per heavy atom. The van der Waals surface area contributed by atoms with Gasteiger partial charge in [-0.1, -0.05) is 30.3 Å². The Labute approximate surface area is 175 Å². The highest BCUT2D eigenvalue weighted by Gasteiger charge is 2.51. The maximum Gasteiger partial charge on any atom is 0.272 e. The molecule has 2 fully saturated rings. The molecule has 2 aliphatic rings. The Bertz CT molecular complexity index is 1100. The Kier molecular flexibility index (Phi) is 4.69. The number of aromatic nitrogens is 2. The van der Waals surface area contributed by atoms with Crippen molar-refractivity contribution in [1.82, 2.24) is 19.8 Å². The number of benzene rings is 1. The van der Waals surface area contributed by atoms with E-state index in [1.807, 2.05) is 41.3 Å². The van der Waals surface area contributed by atoms with E-state index in [0.717, 1.165) is 37.7 Å². The molecule has 1 unspecified atom stereocenters. The van der Waals surface area contributed by atoms with Crippen LogP contribution in [0, 0.1) is 5.41 Å². The zero-order chi connectivity index (χ0) is 20.6. The molecule has 2 aliphatic heterocycles. The van der Waals surface area contributed by atoms with E-state index < -0.39 is 5.41 Å². The fourth-order valence-electron chi connectivity index (χ4n) is 4.67. The summed E-state index contributed by atoms with van der Waals surface area (Å²) in [5, 5.41) is 0.909. The first-order valence-electron chi connectivity index (χ1n) is 10.5. The lowest BCUT2D eigenvalue weighted by Crippen LogP contribution is -2.39. The van der Waals surface area contributed by atoms with Gasteiger partial charge in [-0.05, 0) is 49.1 Å². The number of pyridine rings is 2. The average molecular weight is 400 g/mol. The monoisotopic (exact) mass is 400 g/mol. The maximum absolute atomic E-state index is 13.2. The van der Waals surface area contributed by atoms with E-state index in [1.165, 1.54) is 5.56 Å². The lowest BCUT2D eigenvalue weighted by atomic mass is 9.85. The van der Waals surface area contributed by atoms with Crippen molar-refractivity contribution >= 4 is 22.8 Å². The van der Waals surface area contributed by atoms with Crippen molar-refractivity contribution < 1.29 is 9.59 Å². The fraction of sp³-hybridized carbons (Fsp3) is 0.333. The molecule has 6 nitrogen and oxygen atoms in total. The molecular weight excluding hydrogens is 376 g/mol. The van der Waals surface area contributed by atoms with Crippen molar-refractivity contribution in [2.45, 2.75) is 19.3 Å². The number of amides is 2. The Balaban J connectivity index is 1.26. The molecule has 1 spiro atoms. The van der Waals surface area contributed by atoms with Gasteiger partial charge in [0, 0.05) is 37.8 Å². The van der Waals surface area contributed by atoms with Crippen molar-refractivity contribution in [3.63, 3.8) is 0 Å². The van der Waals surface area contributed by atoms with E-state index in [2.05, 4.69) is 22.1 Å². The van der Waals surface area contributed by atoms with Gasteiger partial charge in [-0.25, -0.2) is 9.97 Å². The predicted molar refractivity (Wildman–Crippen MR) is 114 cm³/mol. The number of nitrogens with zero attached hydrogens (tertiary/aromatic N) is 4. The average Bonchev–Trinajstić information content (AvgIpc) is 3.37. The minimum absolute atomic E-state index is 0.116. The number of hydrogen-bond donors (Lipinski definition) is 0. The summed E-state index contributed by atoms with van der Waals surface area (Å²) in [5.74, 6) is 0.0804. The van der Waals surface area contributed by atoms with Crippen molar-refractivity contribution in [3.8, 4) is 0 Å². The fourth-order valence-corrected chi connectivity index (χ4v) is 4.67. The highest BCUT2D eigenvalue weighted by Crippen LogP contribution is 2.41. The SMILES string of the molecule is O=C(c1ccc2cccnc2n1)N1CCC2(CCN(CCc3ccccc3)C2=O)C1. The van der Waals surface area contributed by atoms with Crippen molar-refractivity contribution in [1.29, 1.82) is 0 Å². The number of fused-ring (bicyclic) bond motifs is 1. The van der Waals surface area contributed by atoms with Gasteiger partial charge in [0.15, 0.2) is 5.65 Å². The van der Waals surface area contributed by atoms with Crippen LogP contribution >= 0.6 is 0 Å². The molecule has 5 rings (SSSR count). The van der Waals surface area contributed by atoms with Gasteiger partial charge < -0.3 is 9.80 Å². The second-order valence-electron chi connectivity index (χ2n) is 8.28. The third-order valence-corrected chi connectivity index (χ3v) is 6.44. The number of likely N-dealkylation sites (tertiary alicyclic amines) is 2. The molecule has 1 aromatic carbocycles. The zero-order valence-electron chi connectivity index (χ0n) is 16.8. The van der Waals surface area contributed by atoms with Gasteiger partial charge in [0.1, 0.15) is 5.69 Å². The minimum atomic E-state index is -0.429. The van der Waals surface area contributed by atoms with E-state index >= 15 is 0 Å². The van der Waals surface area contributed by atoms with Crippen molar-refractivity contribution in [2.24, 2.45) is 5.41 Å². The van der Waals surface area contributed by atoms with Crippen LogP contribution in [0.25, 0.3) is 11.0 Å². The predicted octanol–water partition coefficient (Wildman–Crippen LogP) is 2.94. The molecule has 0 bridgehead atoms. The molecule has 0 saturated carbocycles. The lowest BCUT2D eigenvalue weighted by molar-refractivity contribution is -0.135. The number of rotatable bonds is 4. The summed E-state index contributed by atoms with van der Waals surface area (Å²) in [6, 6.07) is 17.7. The van der Waals surface area contributed by atoms with Gasteiger partial charge in [-0.3, -0.25) is 9.59 Å². The highest BCUT2D eigenvalue weighted by molar-refractivity contribution is 5.95. The molecular formula is C24H24N4O2. The first-order valence-corrected chi connectivity index (χ1v) is 10.5. The first-order chi connectivity index (χ1) is 14.6. The number of carbonyl (C=O) groups is 2. The molecule has 1 atom stereocenters. The minimum Gasteiger partial charge on any atom is -0.342 e. The van der Waals surface area contributed by atoms with Gasteiger partial charge in [-0.15, -0.1) is 0 Å². The zero-order valence-corrected chi connectivity index (χ0v) is 16.8. The summed E-state index contributed by atoms with van der Waals surface area (Å²) in [6.07, 6.45) is 4.08. The molecule has 4 heterocycles. The first kappa shape index (κ1) is 18.7. The molecule has 2 amide bonds. The summed E-state index contributed by atoms with van der Waals surface area (Å²) in [5.41, 5.74) is 1.78. The van der Waals surface area contributed by atoms with Crippen LogP contribution in [0.5, 0.6) is 0 Å². The van der Waals surface area contributed by atoms with Crippen LogP contribution in [0.2, 0.25) is 0 Å². The summed E-state index contributed by atoms with van der Waals surface area (Å²) in [4.78, 5) is 38.7. The van der Waals surface area contributed by atoms with Crippen LogP contribution in [0.1, 0.15) is 28.9 Å². The van der Waals surface area contributed by atoms with Gasteiger partial charge in [0.25, 0.3) is 5.91 Å². The maximum atomic E-state index is 13.2. The van der Waals surface area contributed by atoms with E-state index in [1.54, 1.807) is 17.2 Å². The van der Waals surface area contributed by atoms with Crippen LogP contribution in [0.4, 0.5) is 0 Å². The number of carbonyl (C=O) groups excluding carboxylic acids is 2. The van der Waals surface area contributed by atoms with E-state index in [-0.39, 0.29) is 11.8 Å². The van der Waals surface area contributed by atoms with E-state index in [4.69, 9.17) is 0 Å². The molecule has 0 aliphatic carbocycles. The third kappa shape index (κ3) is 3.32. The van der Waals surface area contributed by atoms with Gasteiger partial charge in [-0.2, -0.15) is 0 Å². The molecule has 6 heteroatoms. The molecule has 30 heavy (non-hydrogen) atoms. The third-order valence-electron chi connectivity index (χ3n) is 6.44. The summed E-state index contributed by atoms with van der Waals surface area (Å²) in [7, 11) is 0. The smallest absolute Gasteiger partial charge is 0.272 e. The van der Waals surface area contributed by atoms with Crippen LogP contribution in [0.3, 0.4) is 0 Å². The van der Waals surface area contributed by atoms with Gasteiger partial charge in [0.2, 0.25) is 5.91 Å². The van der Waals surface area contributed by atoms with Gasteiger partial charge >= 0.3 is 0 Å². The van der Waals surface area contributed by atoms with E-state index in [0.29, 0.717) is 24.4 Å². The molecule has 152 valence electrons. The standard InChI is InChI=1S/C24H24N4O2/c29-22(20-9-8-19-7-4-13-25-21(19)26-20)28-16-12-24(17-28)11-15-27(23(24)30)14-10-18-5-2-1-3-6-18/h1-9,13H,10-12,14-17H2. The summed E-state index contributed by atoms with van der Waals surface area (Å²) in [6.45, 7) is 2.58. The normalized spacial score (nSPS) is 21.1. The van der Waals surface area contributed by atoms with Crippen molar-refractivity contribution in [3.05, 3.63) is 72.1 Å². The van der Waals surface area contributed by atoms with E-state index in [9.17, 15) is 9.59 Å². The van der Waals surface area contributed by atoms with Crippen LogP contribution in [-0.4, -0.2) is 57.8 Å². The van der Waals surface area contributed by atoms with Crippen LogP contribution in [-0.2, 0) is 11.2 Å². The molecule has 2 saturated heterocycles. The Hall–Kier alpha value is -3.28. The lowest BCUT2D eigenvalue weighted by Gasteiger charge is -2.23. The number of hydrogen-bond acceptors (Lipinski definition) is 4. The second-order valence-corrected chi connectivity index (χ2v) is 8.28. The highest BCUT2D eigenvalue weighted by atomic mass is 16.2. The Morgan fingerprint density at radius 1 is 1.00 bits per heavy atom. The molecule has 2 aromatic heterocycles. The van der Waals surface area contributed by atoms with Gasteiger partial charge in [0.05, 0.1) is 5.41 Å². The molecule has 3 aromatic rings. The second kappa shape index (κ2) is 7.52. The molecule has 0 N–H and O–H groups in total. The quantitative estimate of drug-likeness (QED) is 0.675. The Morgan fingerprint density at radius 2 is 1.83 bits per heavy atom. The summed E-state index contributed by atoms with van der Waals surface area (Å²) >= 11 is 0. The molecule has 0 radical (unpaired) electrons. The van der Waals surface area contributed by atoms with Crippen LogP contribution in [0.15, 0.2) is 60.8 Å². The summed E-state index contributed by atoms with van der Waals surface area (Å²) < 4.78 is 0. The van der Waals surface area contributed by atoms with Crippen LogP contribution < -0.4 is 0 Å². The topological polar surface area (TPSA) is 66.4 Å². The largest absolute Gasteiger partial charge is 0.342 e.